The maximum Gasteiger partial charge on any atom is 0.421 e. The molecule has 0 fully saturated rings. The Morgan fingerprint density at radius 2 is 1.91 bits per heavy atom. The standard InChI is InChI=1S/C20H25F3N4O5/c1-19(2,3)32-18(29)24-12-10-11(20(21,22)23)15-25-14(12)17-27-26-16(31-17)13(28)8-6-4-5-7-9-30-15/h10,13,28H,4-9H2,1-3H3,(H,24,29). The molecule has 1 amide bonds. The van der Waals surface area contributed by atoms with Crippen molar-refractivity contribution in [3.05, 3.63) is 17.5 Å². The number of pyridine rings is 1. The van der Waals surface area contributed by atoms with Crippen LogP contribution in [0.4, 0.5) is 23.7 Å². The lowest BCUT2D eigenvalue weighted by Crippen LogP contribution is -2.27. The van der Waals surface area contributed by atoms with Gasteiger partial charge in [0, 0.05) is 0 Å². The smallest absolute Gasteiger partial charge is 0.421 e. The Hall–Kier alpha value is -2.89. The number of alkyl halides is 3. The number of hydrogen-bond donors (Lipinski definition) is 2. The zero-order valence-electron chi connectivity index (χ0n) is 18.0. The second-order valence-corrected chi connectivity index (χ2v) is 8.37. The maximum atomic E-state index is 13.7. The van der Waals surface area contributed by atoms with E-state index >= 15 is 0 Å². The van der Waals surface area contributed by atoms with Gasteiger partial charge in [0.05, 0.1) is 12.3 Å². The number of carbonyl (C=O) groups excluding carboxylic acids is 1. The third-order valence-electron chi connectivity index (χ3n) is 4.47. The molecule has 1 aliphatic heterocycles. The van der Waals surface area contributed by atoms with Gasteiger partial charge in [-0.05, 0) is 39.7 Å². The highest BCUT2D eigenvalue weighted by atomic mass is 19.4. The van der Waals surface area contributed by atoms with Crippen LogP contribution in [0, 0.1) is 0 Å². The predicted octanol–water partition coefficient (Wildman–Crippen LogP) is 4.87. The van der Waals surface area contributed by atoms with E-state index in [2.05, 4.69) is 20.5 Å². The maximum absolute atomic E-state index is 13.7. The molecule has 0 saturated carbocycles. The lowest BCUT2D eigenvalue weighted by molar-refractivity contribution is -0.139. The molecular weight excluding hydrogens is 433 g/mol. The molecule has 1 aliphatic rings. The SMILES string of the molecule is CC(C)(C)OC(=O)Nc1cc(C(F)(F)F)c2nc1-c1nnc(o1)C(O)CCCCCCO2. The van der Waals surface area contributed by atoms with Gasteiger partial charge in [-0.25, -0.2) is 9.78 Å². The lowest BCUT2D eigenvalue weighted by atomic mass is 10.1. The molecule has 0 spiro atoms. The van der Waals surface area contributed by atoms with E-state index in [9.17, 15) is 23.1 Å². The fourth-order valence-electron chi connectivity index (χ4n) is 3.03. The fourth-order valence-corrected chi connectivity index (χ4v) is 3.03. The summed E-state index contributed by atoms with van der Waals surface area (Å²) in [5.41, 5.74) is -2.64. The predicted molar refractivity (Wildman–Crippen MR) is 106 cm³/mol. The van der Waals surface area contributed by atoms with Crippen molar-refractivity contribution in [1.82, 2.24) is 15.2 Å². The molecule has 3 heterocycles. The Kier molecular flexibility index (Phi) is 6.91. The van der Waals surface area contributed by atoms with Crippen LogP contribution in [0.25, 0.3) is 11.6 Å². The Labute approximate surface area is 182 Å². The molecule has 176 valence electrons. The van der Waals surface area contributed by atoms with Crippen LogP contribution in [0.2, 0.25) is 0 Å². The summed E-state index contributed by atoms with van der Waals surface area (Å²) in [6.07, 6.45) is -3.78. The van der Waals surface area contributed by atoms with Crippen molar-refractivity contribution in [2.75, 3.05) is 11.9 Å². The Morgan fingerprint density at radius 1 is 1.19 bits per heavy atom. The van der Waals surface area contributed by atoms with E-state index in [1.807, 2.05) is 0 Å². The number of aliphatic hydroxyl groups excluding tert-OH is 1. The van der Waals surface area contributed by atoms with Crippen molar-refractivity contribution in [2.24, 2.45) is 0 Å². The quantitative estimate of drug-likeness (QED) is 0.621. The van der Waals surface area contributed by atoms with Crippen LogP contribution >= 0.6 is 0 Å². The van der Waals surface area contributed by atoms with E-state index in [1.54, 1.807) is 20.8 Å². The first-order valence-corrected chi connectivity index (χ1v) is 10.2. The van der Waals surface area contributed by atoms with Crippen LogP contribution in [0.1, 0.15) is 70.4 Å². The van der Waals surface area contributed by atoms with Crippen LogP contribution in [0.5, 0.6) is 5.88 Å². The first kappa shape index (κ1) is 23.8. The van der Waals surface area contributed by atoms with Gasteiger partial charge < -0.3 is 19.0 Å². The minimum absolute atomic E-state index is 0.0198. The summed E-state index contributed by atoms with van der Waals surface area (Å²) in [7, 11) is 0. The van der Waals surface area contributed by atoms with Crippen LogP contribution in [0.3, 0.4) is 0 Å². The molecule has 9 nitrogen and oxygen atoms in total. The van der Waals surface area contributed by atoms with Gasteiger partial charge in [0.1, 0.15) is 17.3 Å². The molecule has 0 aliphatic carbocycles. The number of rotatable bonds is 1. The van der Waals surface area contributed by atoms with Gasteiger partial charge in [0.15, 0.2) is 5.69 Å². The number of nitrogens with zero attached hydrogens (tertiary/aromatic N) is 3. The summed E-state index contributed by atoms with van der Waals surface area (Å²) in [5.74, 6) is -1.04. The van der Waals surface area contributed by atoms with Crippen molar-refractivity contribution in [3.63, 3.8) is 0 Å². The number of aromatic nitrogens is 3. The molecule has 2 aromatic rings. The highest BCUT2D eigenvalue weighted by Crippen LogP contribution is 2.40. The number of hydrogen-bond acceptors (Lipinski definition) is 8. The third-order valence-corrected chi connectivity index (χ3v) is 4.47. The molecule has 12 heteroatoms. The molecule has 0 aromatic carbocycles. The topological polar surface area (TPSA) is 120 Å². The van der Waals surface area contributed by atoms with Gasteiger partial charge in [-0.3, -0.25) is 5.32 Å². The largest absolute Gasteiger partial charge is 0.477 e. The summed E-state index contributed by atoms with van der Waals surface area (Å²) in [6.45, 7) is 4.85. The molecule has 2 N–H and O–H groups in total. The van der Waals surface area contributed by atoms with Gasteiger partial charge in [-0.15, -0.1) is 10.2 Å². The number of ether oxygens (including phenoxy) is 2. The van der Waals surface area contributed by atoms with E-state index < -0.39 is 35.4 Å². The van der Waals surface area contributed by atoms with Crippen molar-refractivity contribution in [2.45, 2.75) is 70.8 Å². The number of fused-ring (bicyclic) bond motifs is 5. The summed E-state index contributed by atoms with van der Waals surface area (Å²) in [5, 5.41) is 20.1. The lowest BCUT2D eigenvalue weighted by Gasteiger charge is -2.21. The minimum atomic E-state index is -4.80. The van der Waals surface area contributed by atoms with Crippen LogP contribution in [0.15, 0.2) is 10.5 Å². The van der Waals surface area contributed by atoms with Crippen LogP contribution < -0.4 is 10.1 Å². The zero-order chi connectivity index (χ0) is 23.5. The van der Waals surface area contributed by atoms with E-state index in [-0.39, 0.29) is 29.8 Å². The van der Waals surface area contributed by atoms with Crippen molar-refractivity contribution < 1.29 is 37.0 Å². The number of anilines is 1. The van der Waals surface area contributed by atoms with Crippen molar-refractivity contribution in [1.29, 1.82) is 0 Å². The van der Waals surface area contributed by atoms with E-state index in [4.69, 9.17) is 13.9 Å². The molecule has 1 unspecified atom stereocenters. The van der Waals surface area contributed by atoms with Crippen LogP contribution in [-0.4, -0.2) is 38.6 Å². The summed E-state index contributed by atoms with van der Waals surface area (Å²) < 4.78 is 57.1. The number of amides is 1. The summed E-state index contributed by atoms with van der Waals surface area (Å²) in [4.78, 5) is 16.2. The molecule has 32 heavy (non-hydrogen) atoms. The van der Waals surface area contributed by atoms with Gasteiger partial charge >= 0.3 is 12.3 Å². The highest BCUT2D eigenvalue weighted by molar-refractivity contribution is 5.89. The number of aliphatic hydroxyl groups is 1. The van der Waals surface area contributed by atoms with E-state index in [0.29, 0.717) is 31.7 Å². The summed E-state index contributed by atoms with van der Waals surface area (Å²) >= 11 is 0. The second kappa shape index (κ2) is 9.31. The van der Waals surface area contributed by atoms with Crippen molar-refractivity contribution >= 4 is 11.8 Å². The second-order valence-electron chi connectivity index (χ2n) is 8.37. The summed E-state index contributed by atoms with van der Waals surface area (Å²) in [6, 6.07) is 0.688. The van der Waals surface area contributed by atoms with E-state index in [0.717, 1.165) is 6.42 Å². The zero-order valence-corrected chi connectivity index (χ0v) is 18.0. The Balaban J connectivity index is 2.10. The molecule has 1 atom stereocenters. The van der Waals surface area contributed by atoms with Gasteiger partial charge in [0.25, 0.3) is 5.89 Å². The molecule has 4 bridgehead atoms. The monoisotopic (exact) mass is 458 g/mol. The Morgan fingerprint density at radius 3 is 2.59 bits per heavy atom. The van der Waals surface area contributed by atoms with E-state index in [1.165, 1.54) is 0 Å². The van der Waals surface area contributed by atoms with Crippen LogP contribution in [-0.2, 0) is 10.9 Å². The minimum Gasteiger partial charge on any atom is -0.477 e. The third kappa shape index (κ3) is 6.09. The average molecular weight is 458 g/mol. The number of carbonyl (C=O) groups is 1. The molecule has 0 saturated heterocycles. The average Bonchev–Trinajstić information content (AvgIpc) is 3.14. The van der Waals surface area contributed by atoms with Gasteiger partial charge in [0.2, 0.25) is 11.8 Å². The van der Waals surface area contributed by atoms with Gasteiger partial charge in [-0.1, -0.05) is 19.3 Å². The molecule has 2 aromatic heterocycles. The molecule has 3 rings (SSSR count). The highest BCUT2D eigenvalue weighted by Gasteiger charge is 2.38. The molecular formula is C20H25F3N4O5. The first-order chi connectivity index (χ1) is 14.9. The molecule has 0 radical (unpaired) electrons. The first-order valence-electron chi connectivity index (χ1n) is 10.2. The number of nitrogens with one attached hydrogen (secondary N) is 1. The van der Waals surface area contributed by atoms with Gasteiger partial charge in [-0.2, -0.15) is 13.2 Å². The normalized spacial score (nSPS) is 17.8. The van der Waals surface area contributed by atoms with Crippen molar-refractivity contribution in [3.8, 4) is 17.5 Å². The number of halogens is 3. The Bertz CT molecular complexity index is 956. The fraction of sp³-hybridized carbons (Fsp3) is 0.600.